The standard InChI is InChI=1S/Fe.H6O13P4.P/c;1-14(2,3)11-16(7,8)13-17(9,10)12-15(4,5)6;/h;(H,7,8)(H,9,10)(H2,1,2,3)(H2,4,5,6);/q+2;;+3/p-5. The first-order valence-electron chi connectivity index (χ1n) is 2.94. The topological polar surface area (TPSA) is 232 Å². The minimum absolute atomic E-state index is 0. The van der Waals surface area contributed by atoms with E-state index in [1.54, 1.807) is 0 Å². The SMILES string of the molecule is O=P([O-])([O-])OP(=O)([O-])OP(=O)([O-])OP(=O)([O-])O.[Fe+2].[P+3]. The molecule has 0 heterocycles. The van der Waals surface area contributed by atoms with Gasteiger partial charge in [-0.25, -0.2) is 8.62 Å². The van der Waals surface area contributed by atoms with E-state index in [0.29, 0.717) is 0 Å². The second-order valence-corrected chi connectivity index (χ2v) is 7.64. The Labute approximate surface area is 119 Å². The molecule has 0 aromatic carbocycles. The molecule has 0 saturated carbocycles. The van der Waals surface area contributed by atoms with Crippen LogP contribution in [0.25, 0.3) is 0 Å². The van der Waals surface area contributed by atoms with Gasteiger partial charge in [0.2, 0.25) is 0 Å². The molecule has 0 saturated heterocycles. The van der Waals surface area contributed by atoms with Crippen molar-refractivity contribution < 1.29 is 77.6 Å². The summed E-state index contributed by atoms with van der Waals surface area (Å²) in [6.45, 7) is 0. The van der Waals surface area contributed by atoms with E-state index < -0.39 is 31.3 Å². The summed E-state index contributed by atoms with van der Waals surface area (Å²) in [5.41, 5.74) is 0. The van der Waals surface area contributed by atoms with Gasteiger partial charge in [-0.2, -0.15) is 0 Å². The van der Waals surface area contributed by atoms with E-state index in [1.807, 2.05) is 0 Å². The van der Waals surface area contributed by atoms with Crippen LogP contribution in [0.5, 0.6) is 0 Å². The Morgan fingerprint density at radius 1 is 0.737 bits per heavy atom. The van der Waals surface area contributed by atoms with Crippen molar-refractivity contribution in [1.29, 1.82) is 0 Å². The van der Waals surface area contributed by atoms with Crippen LogP contribution in [0.15, 0.2) is 0 Å². The summed E-state index contributed by atoms with van der Waals surface area (Å²) in [5.74, 6) is 0. The summed E-state index contributed by atoms with van der Waals surface area (Å²) >= 11 is 0. The van der Waals surface area contributed by atoms with Gasteiger partial charge in [0.1, 0.15) is 0 Å². The second-order valence-electron chi connectivity index (χ2n) is 2.06. The van der Waals surface area contributed by atoms with Crippen molar-refractivity contribution in [1.82, 2.24) is 0 Å². The van der Waals surface area contributed by atoms with Crippen LogP contribution in [-0.4, -0.2) is 4.89 Å². The number of phosphoric acid groups is 4. The predicted molar refractivity (Wildman–Crippen MR) is 42.8 cm³/mol. The van der Waals surface area contributed by atoms with Crippen LogP contribution in [0.1, 0.15) is 0 Å². The van der Waals surface area contributed by atoms with Gasteiger partial charge in [-0.15, -0.1) is 0 Å². The third-order valence-electron chi connectivity index (χ3n) is 0.603. The Hall–Kier alpha value is 1.51. The Kier molecular flexibility index (Phi) is 11.0. The zero-order valence-electron chi connectivity index (χ0n) is 7.94. The molecule has 0 rings (SSSR count). The van der Waals surface area contributed by atoms with Crippen LogP contribution in [-0.2, 0) is 48.3 Å². The van der Waals surface area contributed by atoms with Gasteiger partial charge in [0.05, 0.1) is 7.82 Å². The maximum atomic E-state index is 10.5. The maximum Gasteiger partial charge on any atom is 3.00 e. The fourth-order valence-corrected chi connectivity index (χ4v) is 4.15. The Morgan fingerprint density at radius 3 is 1.32 bits per heavy atom. The molecule has 0 amide bonds. The molecular formula is HFeO13P5. The van der Waals surface area contributed by atoms with Gasteiger partial charge in [0.25, 0.3) is 23.5 Å². The van der Waals surface area contributed by atoms with Gasteiger partial charge >= 0.3 is 27.0 Å². The fraction of sp³-hybridized carbons (Fsp3) is 0. The summed E-state index contributed by atoms with van der Waals surface area (Å²) in [7, 11) is -24.5. The van der Waals surface area contributed by atoms with Crippen molar-refractivity contribution in [2.45, 2.75) is 0 Å². The van der Waals surface area contributed by atoms with Gasteiger partial charge < -0.3 is 33.9 Å². The van der Waals surface area contributed by atoms with E-state index in [9.17, 15) is 42.7 Å². The molecule has 0 aliphatic carbocycles. The van der Waals surface area contributed by atoms with E-state index in [0.717, 1.165) is 0 Å². The first-order chi connectivity index (χ1) is 7.12. The smallest absolute Gasteiger partial charge is 0.790 e. The van der Waals surface area contributed by atoms with Crippen molar-refractivity contribution >= 4 is 41.2 Å². The molecule has 3 unspecified atom stereocenters. The molecule has 0 aromatic heterocycles. The van der Waals surface area contributed by atoms with Crippen LogP contribution in [0.3, 0.4) is 0 Å². The minimum Gasteiger partial charge on any atom is -0.790 e. The van der Waals surface area contributed by atoms with Crippen LogP contribution in [0.4, 0.5) is 0 Å². The maximum absolute atomic E-state index is 10.5. The molecule has 0 bridgehead atoms. The first-order valence-corrected chi connectivity index (χ1v) is 8.82. The van der Waals surface area contributed by atoms with E-state index in [-0.39, 0.29) is 27.0 Å². The van der Waals surface area contributed by atoms with Gasteiger partial charge in [0, 0.05) is 0 Å². The fourth-order valence-electron chi connectivity index (χ4n) is 0.401. The molecule has 0 aliphatic heterocycles. The Bertz CT molecular complexity index is 410. The molecule has 0 fully saturated rings. The molecule has 1 N–H and O–H groups in total. The van der Waals surface area contributed by atoms with Crippen LogP contribution < -0.4 is 24.5 Å². The molecule has 3 atom stereocenters. The van der Waals surface area contributed by atoms with Gasteiger partial charge in [-0.05, 0) is 0 Å². The third-order valence-corrected chi connectivity index (χ3v) is 5.43. The minimum atomic E-state index is -6.23. The summed E-state index contributed by atoms with van der Waals surface area (Å²) in [6.07, 6.45) is 0. The quantitative estimate of drug-likeness (QED) is 0.337. The molecule has 2 radical (unpaired) electrons. The second kappa shape index (κ2) is 8.22. The van der Waals surface area contributed by atoms with Gasteiger partial charge in [0.15, 0.2) is 0 Å². The zero-order chi connectivity index (χ0) is 14.1. The van der Waals surface area contributed by atoms with Crippen LogP contribution in [0, 0.1) is 0 Å². The van der Waals surface area contributed by atoms with Crippen molar-refractivity contribution in [3.05, 3.63) is 0 Å². The average molecular weight is 420 g/mol. The van der Waals surface area contributed by atoms with Gasteiger partial charge in [-0.3, -0.25) is 18.0 Å². The molecule has 19 heteroatoms. The van der Waals surface area contributed by atoms with Gasteiger partial charge in [-0.1, -0.05) is 0 Å². The normalized spacial score (nSPS) is 20.9. The van der Waals surface area contributed by atoms with Crippen LogP contribution >= 0.6 is 41.2 Å². The largest absolute Gasteiger partial charge is 3.00 e. The Morgan fingerprint density at radius 2 is 1.05 bits per heavy atom. The van der Waals surface area contributed by atoms with E-state index in [2.05, 4.69) is 12.9 Å². The van der Waals surface area contributed by atoms with E-state index >= 15 is 0 Å². The van der Waals surface area contributed by atoms with E-state index in [1.165, 1.54) is 0 Å². The summed E-state index contributed by atoms with van der Waals surface area (Å²) in [6, 6.07) is 0. The molecule has 0 aliphatic rings. The van der Waals surface area contributed by atoms with E-state index in [4.69, 9.17) is 4.89 Å². The molecule has 0 aromatic rings. The predicted octanol–water partition coefficient (Wildman–Crippen LogP) is -2.88. The summed E-state index contributed by atoms with van der Waals surface area (Å²) < 4.78 is 48.9. The van der Waals surface area contributed by atoms with Crippen molar-refractivity contribution in [2.75, 3.05) is 0 Å². The monoisotopic (exact) mass is 420 g/mol. The molecule has 13 nitrogen and oxygen atoms in total. The molecule has 0 spiro atoms. The molecule has 19 heavy (non-hydrogen) atoms. The molecule has 112 valence electrons. The third kappa shape index (κ3) is 15.7. The van der Waals surface area contributed by atoms with Crippen molar-refractivity contribution in [3.63, 3.8) is 0 Å². The average Bonchev–Trinajstić information content (AvgIpc) is 1.65. The zero-order valence-corrected chi connectivity index (χ0v) is 13.5. The van der Waals surface area contributed by atoms with Crippen LogP contribution in [0.2, 0.25) is 0 Å². The summed E-state index contributed by atoms with van der Waals surface area (Å²) in [4.78, 5) is 58.3. The first kappa shape index (κ1) is 25.5. The summed E-state index contributed by atoms with van der Waals surface area (Å²) in [5, 5.41) is 0. The Balaban J connectivity index is -0.00000128. The number of hydrogen-bond donors (Lipinski definition) is 1. The van der Waals surface area contributed by atoms with Crippen molar-refractivity contribution in [3.8, 4) is 0 Å². The molecular weight excluding hydrogens is 419 g/mol. The van der Waals surface area contributed by atoms with Crippen molar-refractivity contribution in [2.24, 2.45) is 0 Å². The number of rotatable bonds is 6. The number of hydrogen-bond acceptors (Lipinski definition) is 12.